The maximum absolute atomic E-state index is 12.3. The summed E-state index contributed by atoms with van der Waals surface area (Å²) in [7, 11) is 0. The summed E-state index contributed by atoms with van der Waals surface area (Å²) in [5, 5.41) is 6.52. The van der Waals surface area contributed by atoms with Crippen LogP contribution in [0.25, 0.3) is 0 Å². The number of amides is 1. The smallest absolute Gasteiger partial charge is 0.226 e. The molecular weight excluding hydrogens is 224 g/mol. The number of carbonyl (C=O) groups is 1. The van der Waals surface area contributed by atoms with Crippen LogP contribution in [0.1, 0.15) is 47.5 Å². The lowest BCUT2D eigenvalue weighted by Gasteiger charge is -2.32. The van der Waals surface area contributed by atoms with Crippen molar-refractivity contribution in [1.82, 2.24) is 10.6 Å². The molecule has 0 bridgehead atoms. The Balaban J connectivity index is 1.86. The topological polar surface area (TPSA) is 41.1 Å². The van der Waals surface area contributed by atoms with E-state index in [1.54, 1.807) is 0 Å². The lowest BCUT2D eigenvalue weighted by atomic mass is 9.80. The van der Waals surface area contributed by atoms with Crippen LogP contribution < -0.4 is 10.6 Å². The standard InChI is InChI=1S/C15H28N2O/c1-13(2)11(14(13,3)4)10-17-12(18)15(5)6-8-16-9-7-15/h11,16H,6-10H2,1-5H3,(H,17,18). The predicted molar refractivity (Wildman–Crippen MR) is 74.3 cm³/mol. The maximum atomic E-state index is 12.3. The Hall–Kier alpha value is -0.570. The van der Waals surface area contributed by atoms with Gasteiger partial charge in [0.05, 0.1) is 0 Å². The fourth-order valence-corrected chi connectivity index (χ4v) is 3.46. The number of hydrogen-bond acceptors (Lipinski definition) is 2. The first-order chi connectivity index (χ1) is 8.22. The molecule has 1 saturated heterocycles. The molecule has 104 valence electrons. The van der Waals surface area contributed by atoms with Crippen molar-refractivity contribution in [3.05, 3.63) is 0 Å². The Morgan fingerprint density at radius 1 is 1.11 bits per heavy atom. The largest absolute Gasteiger partial charge is 0.355 e. The average Bonchev–Trinajstić information content (AvgIpc) is 2.67. The van der Waals surface area contributed by atoms with Gasteiger partial charge >= 0.3 is 0 Å². The summed E-state index contributed by atoms with van der Waals surface area (Å²) in [6, 6.07) is 0. The van der Waals surface area contributed by atoms with E-state index in [0.29, 0.717) is 16.7 Å². The molecule has 3 heteroatoms. The molecular formula is C15H28N2O. The highest BCUT2D eigenvalue weighted by Crippen LogP contribution is 2.67. The van der Waals surface area contributed by atoms with Crippen molar-refractivity contribution >= 4 is 5.91 Å². The van der Waals surface area contributed by atoms with E-state index in [9.17, 15) is 4.79 Å². The monoisotopic (exact) mass is 252 g/mol. The van der Waals surface area contributed by atoms with E-state index >= 15 is 0 Å². The fraction of sp³-hybridized carbons (Fsp3) is 0.933. The first kappa shape index (κ1) is 13.9. The lowest BCUT2D eigenvalue weighted by molar-refractivity contribution is -0.131. The highest BCUT2D eigenvalue weighted by molar-refractivity contribution is 5.82. The quantitative estimate of drug-likeness (QED) is 0.808. The second-order valence-corrected chi connectivity index (χ2v) is 7.52. The van der Waals surface area contributed by atoms with Gasteiger partial charge in [-0.3, -0.25) is 4.79 Å². The molecule has 3 nitrogen and oxygen atoms in total. The minimum atomic E-state index is -0.158. The van der Waals surface area contributed by atoms with Gasteiger partial charge in [0.1, 0.15) is 0 Å². The van der Waals surface area contributed by atoms with Crippen molar-refractivity contribution in [3.8, 4) is 0 Å². The lowest BCUT2D eigenvalue weighted by Crippen LogP contribution is -2.46. The van der Waals surface area contributed by atoms with Crippen LogP contribution in [0.3, 0.4) is 0 Å². The SMILES string of the molecule is CC1(C(=O)NCC2C(C)(C)C2(C)C)CCNCC1. The molecule has 1 amide bonds. The number of carbonyl (C=O) groups excluding carboxylic acids is 1. The molecule has 0 aromatic rings. The van der Waals surface area contributed by atoms with Crippen molar-refractivity contribution in [3.63, 3.8) is 0 Å². The Labute approximate surface area is 111 Å². The van der Waals surface area contributed by atoms with Gasteiger partial charge in [-0.15, -0.1) is 0 Å². The van der Waals surface area contributed by atoms with Crippen LogP contribution in [0.15, 0.2) is 0 Å². The van der Waals surface area contributed by atoms with Gasteiger partial charge in [0.25, 0.3) is 0 Å². The molecule has 1 heterocycles. The normalized spacial score (nSPS) is 28.7. The zero-order valence-electron chi connectivity index (χ0n) is 12.5. The zero-order valence-corrected chi connectivity index (χ0v) is 12.5. The fourth-order valence-electron chi connectivity index (χ4n) is 3.46. The molecule has 0 spiro atoms. The van der Waals surface area contributed by atoms with Gasteiger partial charge in [-0.05, 0) is 42.7 Å². The van der Waals surface area contributed by atoms with Crippen LogP contribution in [0.5, 0.6) is 0 Å². The average molecular weight is 252 g/mol. The second kappa shape index (κ2) is 4.22. The van der Waals surface area contributed by atoms with Crippen LogP contribution in [0, 0.1) is 22.2 Å². The highest BCUT2D eigenvalue weighted by atomic mass is 16.2. The second-order valence-electron chi connectivity index (χ2n) is 7.52. The van der Waals surface area contributed by atoms with Gasteiger partial charge in [0.2, 0.25) is 5.91 Å². The molecule has 1 aliphatic heterocycles. The van der Waals surface area contributed by atoms with E-state index in [4.69, 9.17) is 0 Å². The summed E-state index contributed by atoms with van der Waals surface area (Å²) in [5.74, 6) is 0.863. The molecule has 2 N–H and O–H groups in total. The van der Waals surface area contributed by atoms with Crippen molar-refractivity contribution in [2.75, 3.05) is 19.6 Å². The Morgan fingerprint density at radius 2 is 1.61 bits per heavy atom. The van der Waals surface area contributed by atoms with E-state index in [0.717, 1.165) is 32.5 Å². The summed E-state index contributed by atoms with van der Waals surface area (Å²) in [5.41, 5.74) is 0.555. The summed E-state index contributed by atoms with van der Waals surface area (Å²) < 4.78 is 0. The van der Waals surface area contributed by atoms with E-state index in [1.807, 2.05) is 0 Å². The molecule has 2 aliphatic rings. The Bertz CT molecular complexity index is 326. The summed E-state index contributed by atoms with van der Waals surface area (Å²) in [4.78, 5) is 12.3. The van der Waals surface area contributed by atoms with Crippen molar-refractivity contribution < 1.29 is 4.79 Å². The third kappa shape index (κ3) is 2.07. The first-order valence-corrected chi connectivity index (χ1v) is 7.21. The van der Waals surface area contributed by atoms with Crippen LogP contribution in [0.4, 0.5) is 0 Å². The Morgan fingerprint density at radius 3 is 2.06 bits per heavy atom. The first-order valence-electron chi connectivity index (χ1n) is 7.21. The molecule has 1 saturated carbocycles. The van der Waals surface area contributed by atoms with E-state index in [2.05, 4.69) is 45.3 Å². The minimum absolute atomic E-state index is 0.158. The molecule has 0 atom stereocenters. The van der Waals surface area contributed by atoms with Gasteiger partial charge in [-0.25, -0.2) is 0 Å². The molecule has 2 rings (SSSR count). The summed E-state index contributed by atoms with van der Waals surface area (Å²) in [6.45, 7) is 14.1. The molecule has 18 heavy (non-hydrogen) atoms. The molecule has 1 aliphatic carbocycles. The minimum Gasteiger partial charge on any atom is -0.355 e. The van der Waals surface area contributed by atoms with Crippen molar-refractivity contribution in [2.24, 2.45) is 22.2 Å². The summed E-state index contributed by atoms with van der Waals surface area (Å²) in [6.07, 6.45) is 1.91. The van der Waals surface area contributed by atoms with Crippen molar-refractivity contribution in [1.29, 1.82) is 0 Å². The molecule has 2 fully saturated rings. The van der Waals surface area contributed by atoms with Crippen LogP contribution in [-0.4, -0.2) is 25.5 Å². The van der Waals surface area contributed by atoms with E-state index in [1.165, 1.54) is 0 Å². The third-order valence-corrected chi connectivity index (χ3v) is 6.04. The van der Waals surface area contributed by atoms with Crippen LogP contribution >= 0.6 is 0 Å². The van der Waals surface area contributed by atoms with Gasteiger partial charge in [-0.1, -0.05) is 34.6 Å². The van der Waals surface area contributed by atoms with Gasteiger partial charge < -0.3 is 10.6 Å². The number of nitrogens with one attached hydrogen (secondary N) is 2. The number of hydrogen-bond donors (Lipinski definition) is 2. The van der Waals surface area contributed by atoms with Crippen LogP contribution in [0.2, 0.25) is 0 Å². The third-order valence-electron chi connectivity index (χ3n) is 6.04. The molecule has 0 unspecified atom stereocenters. The van der Waals surface area contributed by atoms with Crippen molar-refractivity contribution in [2.45, 2.75) is 47.5 Å². The van der Waals surface area contributed by atoms with E-state index < -0.39 is 0 Å². The zero-order chi connectivity index (χ0) is 13.6. The predicted octanol–water partition coefficient (Wildman–Crippen LogP) is 2.17. The molecule has 0 radical (unpaired) electrons. The van der Waals surface area contributed by atoms with Gasteiger partial charge in [0, 0.05) is 12.0 Å². The van der Waals surface area contributed by atoms with Gasteiger partial charge in [-0.2, -0.15) is 0 Å². The van der Waals surface area contributed by atoms with E-state index in [-0.39, 0.29) is 11.3 Å². The Kier molecular flexibility index (Phi) is 3.25. The van der Waals surface area contributed by atoms with Gasteiger partial charge in [0.15, 0.2) is 0 Å². The van der Waals surface area contributed by atoms with Crippen LogP contribution in [-0.2, 0) is 4.79 Å². The highest BCUT2D eigenvalue weighted by Gasteiger charge is 2.64. The molecule has 0 aromatic heterocycles. The number of rotatable bonds is 3. The molecule has 0 aromatic carbocycles. The number of piperidine rings is 1. The summed E-state index contributed by atoms with van der Waals surface area (Å²) >= 11 is 0. The maximum Gasteiger partial charge on any atom is 0.226 e.